The number of carbonyl (C=O) groups is 1. The molecular formula is C38H38F2N4O4. The molecule has 5 fully saturated rings. The van der Waals surface area contributed by atoms with E-state index in [2.05, 4.69) is 21.1 Å². The Morgan fingerprint density at radius 2 is 1.79 bits per heavy atom. The molecule has 5 aliphatic rings. The number of ketones is 1. The van der Waals surface area contributed by atoms with Crippen molar-refractivity contribution >= 4 is 33.3 Å². The number of benzene rings is 3. The first-order chi connectivity index (χ1) is 23.1. The van der Waals surface area contributed by atoms with Crippen LogP contribution in [-0.2, 0) is 4.74 Å². The summed E-state index contributed by atoms with van der Waals surface area (Å²) in [5, 5.41) is 15.4. The number of hydrogen-bond donors (Lipinski definition) is 2. The zero-order chi connectivity index (χ0) is 33.4. The molecule has 3 aromatic carbocycles. The molecule has 0 unspecified atom stereocenters. The van der Waals surface area contributed by atoms with E-state index in [1.165, 1.54) is 31.2 Å². The molecule has 8 nitrogen and oxygen atoms in total. The van der Waals surface area contributed by atoms with Gasteiger partial charge in [0.2, 0.25) is 0 Å². The number of piperazine rings is 1. The Bertz CT molecular complexity index is 2010. The van der Waals surface area contributed by atoms with E-state index < -0.39 is 17.4 Å². The molecule has 48 heavy (non-hydrogen) atoms. The second kappa shape index (κ2) is 11.4. The van der Waals surface area contributed by atoms with Crippen molar-refractivity contribution in [2.24, 2.45) is 5.41 Å². The van der Waals surface area contributed by atoms with Gasteiger partial charge in [-0.25, -0.2) is 8.78 Å². The fourth-order valence-electron chi connectivity index (χ4n) is 8.74. The van der Waals surface area contributed by atoms with Crippen molar-refractivity contribution in [2.45, 2.75) is 76.0 Å². The summed E-state index contributed by atoms with van der Waals surface area (Å²) < 4.78 is 44.6. The first-order valence-corrected chi connectivity index (χ1v) is 16.8. The lowest BCUT2D eigenvalue weighted by molar-refractivity contribution is -0.126. The molecule has 3 heterocycles. The monoisotopic (exact) mass is 652 g/mol. The highest BCUT2D eigenvalue weighted by molar-refractivity contribution is 6.12. The molecule has 2 atom stereocenters. The number of nitrogens with zero attached hydrogens (tertiary/aromatic N) is 3. The third kappa shape index (κ3) is 4.98. The van der Waals surface area contributed by atoms with E-state index in [4.69, 9.17) is 20.9 Å². The van der Waals surface area contributed by atoms with Gasteiger partial charge in [-0.15, -0.1) is 6.42 Å². The first kappa shape index (κ1) is 31.0. The van der Waals surface area contributed by atoms with Crippen LogP contribution >= 0.6 is 0 Å². The molecule has 9 rings (SSSR count). The second-order valence-electron chi connectivity index (χ2n) is 14.3. The van der Waals surface area contributed by atoms with E-state index in [9.17, 15) is 9.90 Å². The van der Waals surface area contributed by atoms with Crippen molar-refractivity contribution in [3.05, 3.63) is 53.1 Å². The maximum Gasteiger partial charge on any atom is 0.319 e. The van der Waals surface area contributed by atoms with Crippen LogP contribution in [0.3, 0.4) is 0 Å². The molecule has 1 aromatic heterocycles. The third-order valence-electron chi connectivity index (χ3n) is 11.5. The zero-order valence-corrected chi connectivity index (χ0v) is 27.2. The van der Waals surface area contributed by atoms with Gasteiger partial charge >= 0.3 is 6.01 Å². The van der Waals surface area contributed by atoms with Crippen LogP contribution < -0.4 is 15.0 Å². The fourth-order valence-corrected chi connectivity index (χ4v) is 8.74. The summed E-state index contributed by atoms with van der Waals surface area (Å²) in [6.07, 6.45) is 13.7. The summed E-state index contributed by atoms with van der Waals surface area (Å²) in [7, 11) is 1.80. The third-order valence-corrected chi connectivity index (χ3v) is 11.5. The summed E-state index contributed by atoms with van der Waals surface area (Å²) in [4.78, 5) is 25.0. The zero-order valence-electron chi connectivity index (χ0n) is 27.2. The minimum atomic E-state index is -0.790. The van der Waals surface area contributed by atoms with E-state index >= 15 is 8.78 Å². The van der Waals surface area contributed by atoms with E-state index in [-0.39, 0.29) is 68.0 Å². The lowest BCUT2D eigenvalue weighted by atomic mass is 9.59. The van der Waals surface area contributed by atoms with Crippen LogP contribution in [0.1, 0.15) is 74.2 Å². The molecule has 4 bridgehead atoms. The molecule has 10 heteroatoms. The number of phenolic OH excluding ortho intramolecular Hbond substituents is 1. The van der Waals surface area contributed by atoms with Gasteiger partial charge in [0.15, 0.2) is 11.6 Å². The number of phenols is 1. The van der Waals surface area contributed by atoms with Crippen molar-refractivity contribution < 1.29 is 28.2 Å². The van der Waals surface area contributed by atoms with Gasteiger partial charge in [0, 0.05) is 59.6 Å². The number of methoxy groups -OCH3 is 1. The maximum atomic E-state index is 17.3. The molecule has 4 aromatic rings. The number of rotatable bonds is 7. The summed E-state index contributed by atoms with van der Waals surface area (Å²) in [5.41, 5.74) is -0.109. The number of anilines is 1. The van der Waals surface area contributed by atoms with Crippen molar-refractivity contribution in [3.63, 3.8) is 0 Å². The molecule has 2 aliphatic heterocycles. The second-order valence-corrected chi connectivity index (χ2v) is 14.3. The van der Waals surface area contributed by atoms with Crippen LogP contribution in [0.2, 0.25) is 0 Å². The van der Waals surface area contributed by atoms with Crippen molar-refractivity contribution in [3.8, 4) is 35.2 Å². The van der Waals surface area contributed by atoms with Gasteiger partial charge in [-0.05, 0) is 93.5 Å². The Balaban J connectivity index is 1.31. The SMILES string of the molecule is C#Cc1c(F)ccc2cc(O)cc(-c3c(C(C)=O)cc4c(N5C[C@H]6CC[C@@H](C5)N6)nc(OCC56CCC(OC)(CC5)CC6)nc4c3F)c12. The maximum absolute atomic E-state index is 17.3. The Hall–Kier alpha value is -4.33. The highest BCUT2D eigenvalue weighted by Crippen LogP contribution is 2.54. The van der Waals surface area contributed by atoms with Crippen LogP contribution in [-0.4, -0.2) is 65.3 Å². The van der Waals surface area contributed by atoms with Gasteiger partial charge in [0.25, 0.3) is 0 Å². The Kier molecular flexibility index (Phi) is 7.35. The number of nitrogens with one attached hydrogen (secondary N) is 1. The number of Topliss-reactive ketones (excluding diaryl/α,β-unsaturated/α-hetero) is 1. The van der Waals surface area contributed by atoms with Gasteiger partial charge in [-0.1, -0.05) is 12.0 Å². The van der Waals surface area contributed by atoms with E-state index in [0.29, 0.717) is 36.3 Å². The van der Waals surface area contributed by atoms with Gasteiger partial charge in [0.05, 0.1) is 17.8 Å². The summed E-state index contributed by atoms with van der Waals surface area (Å²) in [6.45, 7) is 3.11. The number of hydrogen-bond acceptors (Lipinski definition) is 8. The van der Waals surface area contributed by atoms with Gasteiger partial charge < -0.3 is 24.8 Å². The van der Waals surface area contributed by atoms with Crippen LogP contribution in [0.4, 0.5) is 14.6 Å². The minimum Gasteiger partial charge on any atom is -0.508 e. The Morgan fingerprint density at radius 1 is 1.08 bits per heavy atom. The molecular weight excluding hydrogens is 614 g/mol. The largest absolute Gasteiger partial charge is 0.508 e. The number of terminal acetylenes is 1. The molecule has 0 radical (unpaired) electrons. The average molecular weight is 653 g/mol. The van der Waals surface area contributed by atoms with Crippen LogP contribution in [0, 0.1) is 29.4 Å². The number of carbonyl (C=O) groups excluding carboxylic acids is 1. The fraction of sp³-hybridized carbons (Fsp3) is 0.447. The lowest BCUT2D eigenvalue weighted by Gasteiger charge is -2.52. The molecule has 2 N–H and O–H groups in total. The van der Waals surface area contributed by atoms with E-state index in [1.807, 2.05) is 0 Å². The summed E-state index contributed by atoms with van der Waals surface area (Å²) in [6, 6.07) is 7.67. The topological polar surface area (TPSA) is 96.8 Å². The normalized spacial score (nSPS) is 26.3. The smallest absolute Gasteiger partial charge is 0.319 e. The summed E-state index contributed by atoms with van der Waals surface area (Å²) in [5.74, 6) is 0.858. The molecule has 3 aliphatic carbocycles. The van der Waals surface area contributed by atoms with E-state index in [0.717, 1.165) is 51.4 Å². The van der Waals surface area contributed by atoms with E-state index in [1.54, 1.807) is 13.2 Å². The van der Waals surface area contributed by atoms with Crippen LogP contribution in [0.5, 0.6) is 11.8 Å². The predicted octanol–water partition coefficient (Wildman–Crippen LogP) is 6.68. The summed E-state index contributed by atoms with van der Waals surface area (Å²) >= 11 is 0. The predicted molar refractivity (Wildman–Crippen MR) is 180 cm³/mol. The molecule has 2 saturated heterocycles. The number of aromatic hydroxyl groups is 1. The lowest BCUT2D eigenvalue weighted by Crippen LogP contribution is -2.51. The Morgan fingerprint density at radius 3 is 2.44 bits per heavy atom. The van der Waals surface area contributed by atoms with Crippen molar-refractivity contribution in [1.82, 2.24) is 15.3 Å². The number of ether oxygens (including phenoxy) is 2. The van der Waals surface area contributed by atoms with Gasteiger partial charge in [-0.3, -0.25) is 4.79 Å². The highest BCUT2D eigenvalue weighted by Gasteiger charge is 2.49. The van der Waals surface area contributed by atoms with Crippen LogP contribution in [0.15, 0.2) is 30.3 Å². The van der Waals surface area contributed by atoms with Crippen molar-refractivity contribution in [2.75, 3.05) is 31.7 Å². The molecule has 3 saturated carbocycles. The van der Waals surface area contributed by atoms with Gasteiger partial charge in [0.1, 0.15) is 22.9 Å². The minimum absolute atomic E-state index is 0.0146. The average Bonchev–Trinajstić information content (AvgIpc) is 3.44. The van der Waals surface area contributed by atoms with Crippen LogP contribution in [0.25, 0.3) is 32.8 Å². The number of aromatic nitrogens is 2. The van der Waals surface area contributed by atoms with Gasteiger partial charge in [-0.2, -0.15) is 9.97 Å². The molecule has 0 amide bonds. The highest BCUT2D eigenvalue weighted by atomic mass is 19.1. The first-order valence-electron chi connectivity index (χ1n) is 16.8. The Labute approximate surface area is 277 Å². The molecule has 248 valence electrons. The van der Waals surface area contributed by atoms with Crippen molar-refractivity contribution in [1.29, 1.82) is 0 Å². The number of fused-ring (bicyclic) bond motifs is 7. The number of halogens is 2. The standard InChI is InChI=1S/C38H38F2N4O4/c1-4-26-30(39)8-5-22-15-25(46)16-28(31(22)26)32-27(21(2)45)17-29-34(33(32)40)42-36(43-35(29)44-18-23-6-7-24(19-44)41-23)48-20-37-9-12-38(47-3,13-10-37)14-11-37/h1,5,8,15-17,23-24,41,46H,6-7,9-14,18-20H2,2-3H3/t23-,24+,37?,38?. The molecule has 0 spiro atoms. The quantitative estimate of drug-likeness (QED) is 0.169.